The minimum absolute atomic E-state index is 0.140. The molecular weight excluding hydrogens is 234 g/mol. The Morgan fingerprint density at radius 3 is 2.83 bits per heavy atom. The normalized spacial score (nSPS) is 12.3. The molecule has 7 heteroatoms. The predicted molar refractivity (Wildman–Crippen MR) is 65.8 cm³/mol. The molecule has 1 amide bonds. The molecule has 4 N–H and O–H groups in total. The van der Waals surface area contributed by atoms with Crippen molar-refractivity contribution in [1.82, 2.24) is 15.3 Å². The highest BCUT2D eigenvalue weighted by Crippen LogP contribution is 2.15. The largest absolute Gasteiger partial charge is 0.409 e. The molecule has 1 aromatic rings. The summed E-state index contributed by atoms with van der Waals surface area (Å²) in [5, 5.41) is 14.1. The van der Waals surface area contributed by atoms with Crippen molar-refractivity contribution < 1.29 is 10.0 Å². The highest BCUT2D eigenvalue weighted by Gasteiger charge is 2.32. The minimum atomic E-state index is -1.07. The van der Waals surface area contributed by atoms with Gasteiger partial charge in [-0.25, -0.2) is 9.97 Å². The molecule has 18 heavy (non-hydrogen) atoms. The van der Waals surface area contributed by atoms with Gasteiger partial charge < -0.3 is 16.3 Å². The maximum absolute atomic E-state index is 11.9. The molecule has 1 aromatic heterocycles. The molecule has 0 spiro atoms. The first-order chi connectivity index (χ1) is 8.37. The number of carbonyl (C=O) groups excluding carboxylic acids is 1. The average molecular weight is 251 g/mol. The second-order valence-electron chi connectivity index (χ2n) is 4.39. The summed E-state index contributed by atoms with van der Waals surface area (Å²) in [6.45, 7) is 5.18. The summed E-state index contributed by atoms with van der Waals surface area (Å²) in [5.74, 6) is 0.158. The monoisotopic (exact) mass is 251 g/mol. The fraction of sp³-hybridized carbons (Fsp3) is 0.455. The maximum atomic E-state index is 11.9. The minimum Gasteiger partial charge on any atom is -0.409 e. The van der Waals surface area contributed by atoms with Crippen LogP contribution in [0.4, 0.5) is 0 Å². The van der Waals surface area contributed by atoms with Crippen molar-refractivity contribution in [2.24, 2.45) is 16.3 Å². The number of nitrogens with two attached hydrogens (primary N) is 1. The number of rotatable bonds is 4. The Morgan fingerprint density at radius 1 is 1.61 bits per heavy atom. The lowest BCUT2D eigenvalue weighted by atomic mass is 9.91. The Labute approximate surface area is 105 Å². The third kappa shape index (κ3) is 3.16. The van der Waals surface area contributed by atoms with Gasteiger partial charge in [0.05, 0.1) is 12.2 Å². The van der Waals surface area contributed by atoms with E-state index < -0.39 is 5.41 Å². The second-order valence-corrected chi connectivity index (χ2v) is 4.39. The van der Waals surface area contributed by atoms with Crippen molar-refractivity contribution in [2.75, 3.05) is 0 Å². The third-order valence-corrected chi connectivity index (χ3v) is 2.58. The van der Waals surface area contributed by atoms with Crippen LogP contribution in [0.2, 0.25) is 0 Å². The first-order valence-corrected chi connectivity index (χ1v) is 5.42. The van der Waals surface area contributed by atoms with Gasteiger partial charge in [-0.2, -0.15) is 0 Å². The van der Waals surface area contributed by atoms with Crippen LogP contribution in [0.1, 0.15) is 25.4 Å². The molecule has 0 bridgehead atoms. The zero-order valence-electron chi connectivity index (χ0n) is 10.6. The molecule has 0 atom stereocenters. The number of oxime groups is 1. The van der Waals surface area contributed by atoms with Gasteiger partial charge in [-0.15, -0.1) is 0 Å². The Balaban J connectivity index is 2.67. The molecular formula is C11H17N5O2. The molecule has 1 heterocycles. The molecule has 0 saturated carbocycles. The summed E-state index contributed by atoms with van der Waals surface area (Å²) in [7, 11) is 0. The van der Waals surface area contributed by atoms with E-state index in [1.54, 1.807) is 33.0 Å². The van der Waals surface area contributed by atoms with Crippen molar-refractivity contribution in [3.05, 3.63) is 23.8 Å². The van der Waals surface area contributed by atoms with Crippen LogP contribution in [0.3, 0.4) is 0 Å². The summed E-state index contributed by atoms with van der Waals surface area (Å²) in [6.07, 6.45) is 1.62. The van der Waals surface area contributed by atoms with E-state index in [2.05, 4.69) is 20.4 Å². The molecule has 0 fully saturated rings. The molecule has 7 nitrogen and oxygen atoms in total. The van der Waals surface area contributed by atoms with Gasteiger partial charge in [-0.1, -0.05) is 5.16 Å². The van der Waals surface area contributed by atoms with Crippen LogP contribution < -0.4 is 11.1 Å². The summed E-state index contributed by atoms with van der Waals surface area (Å²) in [5.41, 5.74) is 5.09. The fourth-order valence-electron chi connectivity index (χ4n) is 1.24. The lowest BCUT2D eigenvalue weighted by Gasteiger charge is -2.21. The quantitative estimate of drug-likeness (QED) is 0.305. The van der Waals surface area contributed by atoms with E-state index in [0.717, 1.165) is 0 Å². The lowest BCUT2D eigenvalue weighted by molar-refractivity contribution is -0.126. The van der Waals surface area contributed by atoms with E-state index in [4.69, 9.17) is 10.9 Å². The van der Waals surface area contributed by atoms with Crippen molar-refractivity contribution in [1.29, 1.82) is 0 Å². The Bertz CT molecular complexity index is 470. The van der Waals surface area contributed by atoms with Crippen LogP contribution in [-0.4, -0.2) is 26.9 Å². The van der Waals surface area contributed by atoms with Gasteiger partial charge in [0.15, 0.2) is 5.84 Å². The van der Waals surface area contributed by atoms with Gasteiger partial charge in [0.1, 0.15) is 11.2 Å². The number of amides is 1. The highest BCUT2D eigenvalue weighted by molar-refractivity contribution is 6.05. The first kappa shape index (κ1) is 13.9. The van der Waals surface area contributed by atoms with Crippen LogP contribution in [0.5, 0.6) is 0 Å². The predicted octanol–water partition coefficient (Wildman–Crippen LogP) is 0.174. The van der Waals surface area contributed by atoms with Gasteiger partial charge in [-0.3, -0.25) is 4.79 Å². The van der Waals surface area contributed by atoms with Gasteiger partial charge in [-0.05, 0) is 26.8 Å². The third-order valence-electron chi connectivity index (χ3n) is 2.58. The van der Waals surface area contributed by atoms with Crippen LogP contribution in [-0.2, 0) is 11.3 Å². The number of hydrogen-bond donors (Lipinski definition) is 3. The summed E-state index contributed by atoms with van der Waals surface area (Å²) >= 11 is 0. The fourth-order valence-corrected chi connectivity index (χ4v) is 1.24. The van der Waals surface area contributed by atoms with Gasteiger partial charge in [0, 0.05) is 6.20 Å². The lowest BCUT2D eigenvalue weighted by Crippen LogP contribution is -2.45. The molecule has 0 aromatic carbocycles. The molecule has 0 unspecified atom stereocenters. The zero-order valence-corrected chi connectivity index (χ0v) is 10.6. The van der Waals surface area contributed by atoms with Crippen molar-refractivity contribution in [3.8, 4) is 0 Å². The number of aryl methyl sites for hydroxylation is 1. The van der Waals surface area contributed by atoms with E-state index >= 15 is 0 Å². The second kappa shape index (κ2) is 5.44. The Hall–Kier alpha value is -2.18. The number of amidine groups is 1. The van der Waals surface area contributed by atoms with Crippen LogP contribution in [0.25, 0.3) is 0 Å². The maximum Gasteiger partial charge on any atom is 0.233 e. The van der Waals surface area contributed by atoms with Gasteiger partial charge in [0.25, 0.3) is 0 Å². The highest BCUT2D eigenvalue weighted by atomic mass is 16.4. The summed E-state index contributed by atoms with van der Waals surface area (Å²) < 4.78 is 0. The van der Waals surface area contributed by atoms with Crippen LogP contribution in [0.15, 0.2) is 17.4 Å². The Kier molecular flexibility index (Phi) is 4.19. The topological polar surface area (TPSA) is 113 Å². The molecule has 98 valence electrons. The molecule has 0 aliphatic carbocycles. The van der Waals surface area contributed by atoms with Crippen molar-refractivity contribution in [3.63, 3.8) is 0 Å². The molecule has 0 saturated heterocycles. The number of nitrogens with one attached hydrogen (secondary N) is 1. The number of carbonyl (C=O) groups is 1. The standard InChI is InChI=1S/C11H17N5O2/c1-7-13-5-4-8(15-7)6-14-10(17)11(2,3)9(12)16-18/h4-5,18H,6H2,1-3H3,(H2,12,16)(H,14,17). The van der Waals surface area contributed by atoms with Crippen LogP contribution in [0, 0.1) is 12.3 Å². The first-order valence-electron chi connectivity index (χ1n) is 5.42. The van der Waals surface area contributed by atoms with E-state index in [1.165, 1.54) is 0 Å². The SMILES string of the molecule is Cc1nccc(CNC(=O)C(C)(C)C(N)=NO)n1. The van der Waals surface area contributed by atoms with E-state index in [0.29, 0.717) is 11.5 Å². The average Bonchev–Trinajstić information content (AvgIpc) is 2.34. The number of nitrogens with zero attached hydrogens (tertiary/aromatic N) is 3. The number of hydrogen-bond acceptors (Lipinski definition) is 5. The Morgan fingerprint density at radius 2 is 2.28 bits per heavy atom. The van der Waals surface area contributed by atoms with E-state index in [1.807, 2.05) is 0 Å². The van der Waals surface area contributed by atoms with E-state index in [-0.39, 0.29) is 18.3 Å². The number of aromatic nitrogens is 2. The van der Waals surface area contributed by atoms with Crippen molar-refractivity contribution in [2.45, 2.75) is 27.3 Å². The zero-order chi connectivity index (χ0) is 13.8. The summed E-state index contributed by atoms with van der Waals surface area (Å²) in [6, 6.07) is 1.71. The van der Waals surface area contributed by atoms with Gasteiger partial charge in [0.2, 0.25) is 5.91 Å². The molecule has 0 aliphatic heterocycles. The van der Waals surface area contributed by atoms with Crippen LogP contribution >= 0.6 is 0 Å². The molecule has 1 rings (SSSR count). The van der Waals surface area contributed by atoms with E-state index in [9.17, 15) is 4.79 Å². The van der Waals surface area contributed by atoms with Gasteiger partial charge >= 0.3 is 0 Å². The molecule has 0 radical (unpaired) electrons. The molecule has 0 aliphatic rings. The smallest absolute Gasteiger partial charge is 0.233 e. The van der Waals surface area contributed by atoms with Crippen molar-refractivity contribution >= 4 is 11.7 Å². The summed E-state index contributed by atoms with van der Waals surface area (Å²) in [4.78, 5) is 20.0.